The minimum atomic E-state index is -0.872. The number of carbonyl (C=O) groups is 2. The van der Waals surface area contributed by atoms with Crippen molar-refractivity contribution in [2.75, 3.05) is 25.4 Å². The number of aliphatic hydroxyl groups is 1. The average Bonchev–Trinajstić information content (AvgIpc) is 2.68. The smallest absolute Gasteiger partial charge is 0.281 e. The van der Waals surface area contributed by atoms with Gasteiger partial charge < -0.3 is 15.3 Å². The molecular formula is C13H24N2O3S. The summed E-state index contributed by atoms with van der Waals surface area (Å²) in [6.07, 6.45) is 0.943. The zero-order valence-corrected chi connectivity index (χ0v) is 12.8. The van der Waals surface area contributed by atoms with Gasteiger partial charge in [0.1, 0.15) is 0 Å². The molecule has 19 heavy (non-hydrogen) atoms. The summed E-state index contributed by atoms with van der Waals surface area (Å²) in [6, 6.07) is 0. The fraction of sp³-hybridized carbons (Fsp3) is 0.846. The van der Waals surface area contributed by atoms with E-state index in [4.69, 9.17) is 0 Å². The molecule has 5 nitrogen and oxygen atoms in total. The van der Waals surface area contributed by atoms with Crippen LogP contribution in [0.1, 0.15) is 33.6 Å². The molecule has 0 saturated carbocycles. The van der Waals surface area contributed by atoms with Crippen LogP contribution in [0.2, 0.25) is 0 Å². The molecule has 0 bridgehead atoms. The van der Waals surface area contributed by atoms with E-state index in [1.165, 1.54) is 11.8 Å². The molecule has 1 fully saturated rings. The Labute approximate surface area is 119 Å². The maximum absolute atomic E-state index is 11.7. The summed E-state index contributed by atoms with van der Waals surface area (Å²) in [4.78, 5) is 24.7. The SMILES string of the molecule is CC(C)CC(C)(O)CNC(=O)CCN1CCSC1=O. The predicted octanol–water partition coefficient (Wildman–Crippen LogP) is 1.46. The Kier molecular flexibility index (Phi) is 6.13. The summed E-state index contributed by atoms with van der Waals surface area (Å²) in [5, 5.41) is 12.9. The lowest BCUT2D eigenvalue weighted by molar-refractivity contribution is -0.122. The molecule has 1 aliphatic heterocycles. The molecule has 1 saturated heterocycles. The van der Waals surface area contributed by atoms with E-state index < -0.39 is 5.60 Å². The Hall–Kier alpha value is -0.750. The van der Waals surface area contributed by atoms with Gasteiger partial charge in [0.05, 0.1) is 5.60 Å². The predicted molar refractivity (Wildman–Crippen MR) is 77.1 cm³/mol. The van der Waals surface area contributed by atoms with E-state index in [1.807, 2.05) is 13.8 Å². The monoisotopic (exact) mass is 288 g/mol. The molecular weight excluding hydrogens is 264 g/mol. The Morgan fingerprint density at radius 3 is 2.79 bits per heavy atom. The van der Waals surface area contributed by atoms with Crippen molar-refractivity contribution in [3.8, 4) is 0 Å². The van der Waals surface area contributed by atoms with E-state index in [1.54, 1.807) is 11.8 Å². The van der Waals surface area contributed by atoms with Crippen molar-refractivity contribution in [1.29, 1.82) is 0 Å². The van der Waals surface area contributed by atoms with Gasteiger partial charge in [-0.05, 0) is 19.3 Å². The van der Waals surface area contributed by atoms with Crippen LogP contribution in [0.4, 0.5) is 4.79 Å². The van der Waals surface area contributed by atoms with Crippen LogP contribution in [0.25, 0.3) is 0 Å². The second-order valence-electron chi connectivity index (χ2n) is 5.72. The maximum atomic E-state index is 11.7. The van der Waals surface area contributed by atoms with E-state index in [0.717, 1.165) is 12.3 Å². The van der Waals surface area contributed by atoms with Gasteiger partial charge in [0.25, 0.3) is 5.24 Å². The highest BCUT2D eigenvalue weighted by atomic mass is 32.2. The van der Waals surface area contributed by atoms with E-state index >= 15 is 0 Å². The highest BCUT2D eigenvalue weighted by molar-refractivity contribution is 8.13. The fourth-order valence-electron chi connectivity index (χ4n) is 2.19. The molecule has 6 heteroatoms. The minimum Gasteiger partial charge on any atom is -0.388 e. The third kappa shape index (κ3) is 6.29. The lowest BCUT2D eigenvalue weighted by Crippen LogP contribution is -2.42. The molecule has 1 unspecified atom stereocenters. The van der Waals surface area contributed by atoms with Crippen LogP contribution in [-0.4, -0.2) is 52.1 Å². The van der Waals surface area contributed by atoms with E-state index in [-0.39, 0.29) is 17.7 Å². The number of rotatable bonds is 7. The third-order valence-corrected chi connectivity index (χ3v) is 3.86. The Bertz CT molecular complexity index is 332. The quantitative estimate of drug-likeness (QED) is 0.744. The maximum Gasteiger partial charge on any atom is 0.281 e. The molecule has 1 atom stereocenters. The molecule has 1 rings (SSSR count). The summed E-state index contributed by atoms with van der Waals surface area (Å²) >= 11 is 1.30. The number of hydrogen-bond donors (Lipinski definition) is 2. The van der Waals surface area contributed by atoms with Crippen molar-refractivity contribution in [2.45, 2.75) is 39.2 Å². The normalized spacial score (nSPS) is 18.8. The van der Waals surface area contributed by atoms with Gasteiger partial charge in [-0.15, -0.1) is 0 Å². The summed E-state index contributed by atoms with van der Waals surface area (Å²) in [5.74, 6) is 1.07. The van der Waals surface area contributed by atoms with Crippen LogP contribution in [0.5, 0.6) is 0 Å². The molecule has 0 aromatic carbocycles. The van der Waals surface area contributed by atoms with Gasteiger partial charge in [-0.3, -0.25) is 9.59 Å². The van der Waals surface area contributed by atoms with Crippen LogP contribution < -0.4 is 5.32 Å². The molecule has 2 N–H and O–H groups in total. The van der Waals surface area contributed by atoms with Gasteiger partial charge in [-0.1, -0.05) is 25.6 Å². The molecule has 0 aromatic rings. The lowest BCUT2D eigenvalue weighted by Gasteiger charge is -2.25. The molecule has 0 spiro atoms. The number of amides is 2. The highest BCUT2D eigenvalue weighted by Gasteiger charge is 2.24. The molecule has 1 aliphatic rings. The average molecular weight is 288 g/mol. The van der Waals surface area contributed by atoms with Crippen LogP contribution in [0.15, 0.2) is 0 Å². The minimum absolute atomic E-state index is 0.0552. The zero-order chi connectivity index (χ0) is 14.5. The van der Waals surface area contributed by atoms with E-state index in [0.29, 0.717) is 25.3 Å². The van der Waals surface area contributed by atoms with Crippen molar-refractivity contribution < 1.29 is 14.7 Å². The van der Waals surface area contributed by atoms with Gasteiger partial charge >= 0.3 is 0 Å². The first-order valence-electron chi connectivity index (χ1n) is 6.71. The van der Waals surface area contributed by atoms with Gasteiger partial charge in [-0.25, -0.2) is 0 Å². The second kappa shape index (κ2) is 7.14. The fourth-order valence-corrected chi connectivity index (χ4v) is 3.05. The first kappa shape index (κ1) is 16.3. The van der Waals surface area contributed by atoms with Crippen LogP contribution >= 0.6 is 11.8 Å². The van der Waals surface area contributed by atoms with E-state index in [9.17, 15) is 14.7 Å². The summed E-state index contributed by atoms with van der Waals surface area (Å²) in [7, 11) is 0. The summed E-state index contributed by atoms with van der Waals surface area (Å²) in [5.41, 5.74) is -0.872. The molecule has 0 radical (unpaired) electrons. The zero-order valence-electron chi connectivity index (χ0n) is 11.9. The van der Waals surface area contributed by atoms with Crippen LogP contribution in [0, 0.1) is 5.92 Å². The van der Waals surface area contributed by atoms with Crippen molar-refractivity contribution >= 4 is 22.9 Å². The molecule has 110 valence electrons. The second-order valence-corrected chi connectivity index (χ2v) is 6.77. The van der Waals surface area contributed by atoms with Gasteiger partial charge in [0.15, 0.2) is 0 Å². The highest BCUT2D eigenvalue weighted by Crippen LogP contribution is 2.17. The van der Waals surface area contributed by atoms with Gasteiger partial charge in [0.2, 0.25) is 5.91 Å². The standard InChI is InChI=1S/C13H24N2O3S/c1-10(2)8-13(3,18)9-14-11(16)4-5-15-6-7-19-12(15)17/h10,18H,4-9H2,1-3H3,(H,14,16). The first-order valence-corrected chi connectivity index (χ1v) is 7.69. The van der Waals surface area contributed by atoms with E-state index in [2.05, 4.69) is 5.32 Å². The molecule has 2 amide bonds. The summed E-state index contributed by atoms with van der Waals surface area (Å²) in [6.45, 7) is 7.24. The first-order chi connectivity index (χ1) is 8.80. The van der Waals surface area contributed by atoms with Crippen molar-refractivity contribution in [2.24, 2.45) is 5.92 Å². The number of nitrogens with zero attached hydrogens (tertiary/aromatic N) is 1. The van der Waals surface area contributed by atoms with Crippen molar-refractivity contribution in [1.82, 2.24) is 10.2 Å². The molecule has 1 heterocycles. The van der Waals surface area contributed by atoms with Crippen molar-refractivity contribution in [3.05, 3.63) is 0 Å². The number of thioether (sulfide) groups is 1. The van der Waals surface area contributed by atoms with Crippen LogP contribution in [-0.2, 0) is 4.79 Å². The Morgan fingerprint density at radius 1 is 1.58 bits per heavy atom. The molecule has 0 aromatic heterocycles. The topological polar surface area (TPSA) is 69.6 Å². The van der Waals surface area contributed by atoms with Crippen LogP contribution in [0.3, 0.4) is 0 Å². The number of hydrogen-bond acceptors (Lipinski definition) is 4. The Balaban J connectivity index is 2.22. The number of carbonyl (C=O) groups excluding carboxylic acids is 2. The van der Waals surface area contributed by atoms with Crippen molar-refractivity contribution in [3.63, 3.8) is 0 Å². The van der Waals surface area contributed by atoms with Gasteiger partial charge in [0, 0.05) is 31.8 Å². The summed E-state index contributed by atoms with van der Waals surface area (Å²) < 4.78 is 0. The largest absolute Gasteiger partial charge is 0.388 e. The Morgan fingerprint density at radius 2 is 2.26 bits per heavy atom. The number of nitrogens with one attached hydrogen (secondary N) is 1. The lowest BCUT2D eigenvalue weighted by atomic mass is 9.94. The molecule has 0 aliphatic carbocycles. The third-order valence-electron chi connectivity index (χ3n) is 2.97. The van der Waals surface area contributed by atoms with Gasteiger partial charge in [-0.2, -0.15) is 0 Å².